The van der Waals surface area contributed by atoms with Gasteiger partial charge in [-0.3, -0.25) is 9.69 Å². The van der Waals surface area contributed by atoms with Crippen LogP contribution in [-0.4, -0.2) is 23.2 Å². The Hall–Kier alpha value is -3.16. The topological polar surface area (TPSA) is 56.1 Å². The average molecular weight is 460 g/mol. The highest BCUT2D eigenvalue weighted by Crippen LogP contribution is 2.50. The molecule has 1 fully saturated rings. The molecule has 3 aromatic rings. The standard InChI is InChI=1S/C25H21N3O2S2/c1-15-8-9-17(14-16(15)2)26-25-28(18-10-12-19(29)13-11-18)23(30)22(32-25)24-27(3)20-6-4-5-7-21(20)31-24/h4-14,29H,1-3H3. The summed E-state index contributed by atoms with van der Waals surface area (Å²) in [4.78, 5) is 24.0. The third-order valence-electron chi connectivity index (χ3n) is 5.54. The number of para-hydroxylation sites is 1. The molecular formula is C25H21N3O2S2. The third-order valence-corrected chi connectivity index (χ3v) is 7.93. The number of aryl methyl sites for hydroxylation is 2. The number of thioether (sulfide) groups is 2. The highest BCUT2D eigenvalue weighted by atomic mass is 32.2. The van der Waals surface area contributed by atoms with Crippen molar-refractivity contribution in [1.29, 1.82) is 0 Å². The van der Waals surface area contributed by atoms with Gasteiger partial charge in [0.25, 0.3) is 5.91 Å². The lowest BCUT2D eigenvalue weighted by atomic mass is 10.1. The van der Waals surface area contributed by atoms with Gasteiger partial charge in [0.1, 0.15) is 10.7 Å². The van der Waals surface area contributed by atoms with Crippen LogP contribution in [0.1, 0.15) is 11.1 Å². The summed E-state index contributed by atoms with van der Waals surface area (Å²) in [6.07, 6.45) is 0. The van der Waals surface area contributed by atoms with Gasteiger partial charge in [0.05, 0.1) is 22.1 Å². The van der Waals surface area contributed by atoms with Gasteiger partial charge >= 0.3 is 0 Å². The van der Waals surface area contributed by atoms with E-state index in [2.05, 4.69) is 30.9 Å². The summed E-state index contributed by atoms with van der Waals surface area (Å²) in [5.41, 5.74) is 4.90. The SMILES string of the molecule is Cc1ccc(N=C2SC(=C3Sc4ccccc4N3C)C(=O)N2c2ccc(O)cc2)cc1C. The van der Waals surface area contributed by atoms with Crippen LogP contribution in [0.25, 0.3) is 0 Å². The van der Waals surface area contributed by atoms with Crippen LogP contribution in [0.4, 0.5) is 17.1 Å². The molecule has 0 spiro atoms. The molecule has 0 saturated carbocycles. The molecule has 0 aliphatic carbocycles. The predicted octanol–water partition coefficient (Wildman–Crippen LogP) is 6.19. The molecule has 7 heteroatoms. The smallest absolute Gasteiger partial charge is 0.274 e. The first-order chi connectivity index (χ1) is 15.4. The van der Waals surface area contributed by atoms with Crippen molar-refractivity contribution in [2.24, 2.45) is 4.99 Å². The molecule has 160 valence electrons. The van der Waals surface area contributed by atoms with E-state index in [1.165, 1.54) is 17.3 Å². The van der Waals surface area contributed by atoms with Gasteiger partial charge in [-0.15, -0.1) is 0 Å². The number of aliphatic imine (C=N–C) groups is 1. The van der Waals surface area contributed by atoms with Crippen LogP contribution in [0.5, 0.6) is 5.75 Å². The monoisotopic (exact) mass is 459 g/mol. The maximum atomic E-state index is 13.7. The first-order valence-electron chi connectivity index (χ1n) is 10.1. The van der Waals surface area contributed by atoms with Gasteiger partial charge in [-0.2, -0.15) is 0 Å². The highest BCUT2D eigenvalue weighted by molar-refractivity contribution is 8.20. The summed E-state index contributed by atoms with van der Waals surface area (Å²) >= 11 is 2.98. The highest BCUT2D eigenvalue weighted by Gasteiger charge is 2.40. The molecule has 1 saturated heterocycles. The first kappa shape index (κ1) is 20.7. The van der Waals surface area contributed by atoms with Crippen molar-refractivity contribution in [2.75, 3.05) is 16.8 Å². The average Bonchev–Trinajstić information content (AvgIpc) is 3.28. The lowest BCUT2D eigenvalue weighted by Gasteiger charge is -2.17. The van der Waals surface area contributed by atoms with Crippen molar-refractivity contribution < 1.29 is 9.90 Å². The molecule has 0 bridgehead atoms. The van der Waals surface area contributed by atoms with Crippen LogP contribution >= 0.6 is 23.5 Å². The second kappa shape index (κ2) is 8.07. The normalized spacial score (nSPS) is 19.2. The molecule has 3 aromatic carbocycles. The predicted molar refractivity (Wildman–Crippen MR) is 134 cm³/mol. The second-order valence-corrected chi connectivity index (χ2v) is 9.69. The Bertz CT molecular complexity index is 1300. The molecule has 0 radical (unpaired) electrons. The maximum absolute atomic E-state index is 13.7. The molecular weight excluding hydrogens is 438 g/mol. The minimum atomic E-state index is -0.120. The van der Waals surface area contributed by atoms with Gasteiger partial charge in [-0.25, -0.2) is 4.99 Å². The van der Waals surface area contributed by atoms with Crippen LogP contribution in [0.3, 0.4) is 0 Å². The molecule has 0 unspecified atom stereocenters. The van der Waals surface area contributed by atoms with Gasteiger partial charge in [0.15, 0.2) is 5.17 Å². The number of nitrogens with zero attached hydrogens (tertiary/aromatic N) is 3. The van der Waals surface area contributed by atoms with Crippen molar-refractivity contribution >= 4 is 51.7 Å². The minimum Gasteiger partial charge on any atom is -0.508 e. The van der Waals surface area contributed by atoms with Crippen LogP contribution < -0.4 is 9.80 Å². The van der Waals surface area contributed by atoms with E-state index in [1.807, 2.05) is 37.4 Å². The third kappa shape index (κ3) is 3.57. The summed E-state index contributed by atoms with van der Waals surface area (Å²) < 4.78 is 0. The number of anilines is 2. The van der Waals surface area contributed by atoms with Crippen LogP contribution in [0.2, 0.25) is 0 Å². The summed E-state index contributed by atoms with van der Waals surface area (Å²) in [5.74, 6) is 0.0336. The number of carbonyl (C=O) groups is 1. The van der Waals surface area contributed by atoms with Gasteiger partial charge in [0.2, 0.25) is 0 Å². The van der Waals surface area contributed by atoms with Crippen LogP contribution in [0, 0.1) is 13.8 Å². The molecule has 2 aliphatic heterocycles. The number of phenols is 1. The molecule has 2 aliphatic rings. The Balaban J connectivity index is 1.62. The van der Waals surface area contributed by atoms with Crippen molar-refractivity contribution in [3.63, 3.8) is 0 Å². The quantitative estimate of drug-likeness (QED) is 0.463. The summed E-state index contributed by atoms with van der Waals surface area (Å²) in [5, 5.41) is 11.2. The number of hydrogen-bond donors (Lipinski definition) is 1. The van der Waals surface area contributed by atoms with Crippen molar-refractivity contribution in [3.8, 4) is 5.75 Å². The van der Waals surface area contributed by atoms with Crippen molar-refractivity contribution in [1.82, 2.24) is 0 Å². The second-order valence-electron chi connectivity index (χ2n) is 7.69. The molecule has 0 aromatic heterocycles. The zero-order valence-corrected chi connectivity index (χ0v) is 19.5. The lowest BCUT2D eigenvalue weighted by molar-refractivity contribution is -0.113. The number of aromatic hydroxyl groups is 1. The molecule has 1 N–H and O–H groups in total. The molecule has 5 rings (SSSR count). The van der Waals surface area contributed by atoms with E-state index in [0.29, 0.717) is 15.8 Å². The summed E-state index contributed by atoms with van der Waals surface area (Å²) in [6.45, 7) is 4.12. The van der Waals surface area contributed by atoms with Gasteiger partial charge in [0, 0.05) is 11.9 Å². The molecule has 0 atom stereocenters. The fourth-order valence-electron chi connectivity index (χ4n) is 3.61. The number of carbonyl (C=O) groups excluding carboxylic acids is 1. The van der Waals surface area contributed by atoms with Crippen molar-refractivity contribution in [3.05, 3.63) is 87.8 Å². The van der Waals surface area contributed by atoms with E-state index in [9.17, 15) is 9.90 Å². The summed E-state index contributed by atoms with van der Waals surface area (Å²) in [7, 11) is 1.98. The molecule has 2 heterocycles. The maximum Gasteiger partial charge on any atom is 0.274 e. The number of rotatable bonds is 2. The van der Waals surface area contributed by atoms with E-state index in [4.69, 9.17) is 4.99 Å². The van der Waals surface area contributed by atoms with Crippen LogP contribution in [0.15, 0.2) is 86.6 Å². The van der Waals surface area contributed by atoms with E-state index in [1.54, 1.807) is 40.9 Å². The number of amidine groups is 1. The van der Waals surface area contributed by atoms with Crippen molar-refractivity contribution in [2.45, 2.75) is 18.7 Å². The van der Waals surface area contributed by atoms with E-state index < -0.39 is 0 Å². The Morgan fingerprint density at radius 3 is 2.38 bits per heavy atom. The van der Waals surface area contributed by atoms with Gasteiger partial charge in [-0.05, 0) is 85.3 Å². The summed E-state index contributed by atoms with van der Waals surface area (Å²) in [6, 6.07) is 20.8. The van der Waals surface area contributed by atoms with Crippen LogP contribution in [-0.2, 0) is 4.79 Å². The zero-order valence-electron chi connectivity index (χ0n) is 17.9. The Labute approximate surface area is 195 Å². The molecule has 5 nitrogen and oxygen atoms in total. The Morgan fingerprint density at radius 1 is 0.906 bits per heavy atom. The van der Waals surface area contributed by atoms with Gasteiger partial charge < -0.3 is 10.0 Å². The minimum absolute atomic E-state index is 0.120. The number of hydrogen-bond acceptors (Lipinski definition) is 6. The molecule has 1 amide bonds. The van der Waals surface area contributed by atoms with Gasteiger partial charge in [-0.1, -0.05) is 30.0 Å². The first-order valence-corrected chi connectivity index (χ1v) is 11.8. The number of fused-ring (bicyclic) bond motifs is 1. The number of amides is 1. The number of phenolic OH excluding ortho intramolecular Hbond substituents is 1. The fraction of sp³-hybridized carbons (Fsp3) is 0.120. The number of benzene rings is 3. The Kier molecular flexibility index (Phi) is 5.23. The lowest BCUT2D eigenvalue weighted by Crippen LogP contribution is -2.29. The fourth-order valence-corrected chi connectivity index (χ4v) is 5.96. The van der Waals surface area contributed by atoms with E-state index in [0.717, 1.165) is 26.9 Å². The Morgan fingerprint density at radius 2 is 1.66 bits per heavy atom. The van der Waals surface area contributed by atoms with E-state index in [-0.39, 0.29) is 11.7 Å². The zero-order chi connectivity index (χ0) is 22.4. The van der Waals surface area contributed by atoms with E-state index >= 15 is 0 Å². The largest absolute Gasteiger partial charge is 0.508 e. The molecule has 32 heavy (non-hydrogen) atoms.